The molecule has 0 fully saturated rings. The van der Waals surface area contributed by atoms with Gasteiger partial charge in [-0.25, -0.2) is 0 Å². The lowest BCUT2D eigenvalue weighted by molar-refractivity contribution is 0.597. The van der Waals surface area contributed by atoms with Gasteiger partial charge in [-0.3, -0.25) is 0 Å². The van der Waals surface area contributed by atoms with E-state index in [1.54, 1.807) is 20.8 Å². The number of benzene rings is 2. The van der Waals surface area contributed by atoms with Gasteiger partial charge in [-0.15, -0.1) is 0 Å². The highest BCUT2D eigenvalue weighted by Crippen LogP contribution is 2.24. The Morgan fingerprint density at radius 2 is 1.48 bits per heavy atom. The van der Waals surface area contributed by atoms with Crippen LogP contribution in [0, 0.1) is 20.8 Å². The molecular weight excluding hydrogens is 282 g/mol. The monoisotopic (exact) mass is 301 g/mol. The largest absolute Gasteiger partial charge is 0.283 e. The van der Waals surface area contributed by atoms with Crippen LogP contribution in [0.3, 0.4) is 0 Å². The van der Waals surface area contributed by atoms with Crippen LogP contribution < -0.4 is 0 Å². The van der Waals surface area contributed by atoms with Gasteiger partial charge in [-0.2, -0.15) is 12.8 Å². The number of rotatable bonds is 3. The average Bonchev–Trinajstić information content (AvgIpc) is 2.37. The molecule has 0 saturated carbocycles. The fourth-order valence-corrected chi connectivity index (χ4v) is 4.02. The lowest BCUT2D eigenvalue weighted by atomic mass is 10.1. The van der Waals surface area contributed by atoms with Crippen molar-refractivity contribution >= 4 is 15.7 Å². The molecule has 3 nitrogen and oxygen atoms in total. The van der Waals surface area contributed by atoms with Gasteiger partial charge < -0.3 is 0 Å². The summed E-state index contributed by atoms with van der Waals surface area (Å²) in [5, 5.41) is 0. The van der Waals surface area contributed by atoms with E-state index in [-0.39, 0.29) is 0 Å². The van der Waals surface area contributed by atoms with E-state index in [1.807, 2.05) is 49.4 Å². The molecule has 0 heterocycles. The zero-order valence-corrected chi connectivity index (χ0v) is 13.5. The topological polar surface area (TPSA) is 46.5 Å². The Kier molecular flexibility index (Phi) is 4.28. The van der Waals surface area contributed by atoms with Gasteiger partial charge in [0.25, 0.3) is 10.0 Å². The van der Waals surface area contributed by atoms with E-state index in [0.717, 1.165) is 22.3 Å². The van der Waals surface area contributed by atoms with Crippen molar-refractivity contribution in [3.8, 4) is 0 Å². The Hall–Kier alpha value is -1.94. The maximum atomic E-state index is 12.6. The molecule has 0 atom stereocenters. The fourth-order valence-electron chi connectivity index (χ4n) is 2.53. The second-order valence-electron chi connectivity index (χ2n) is 5.25. The molecule has 0 unspecified atom stereocenters. The Morgan fingerprint density at radius 1 is 0.952 bits per heavy atom. The molecule has 2 aromatic carbocycles. The number of hydrogen-bond acceptors (Lipinski definition) is 2. The molecule has 0 saturated heterocycles. The second-order valence-corrected chi connectivity index (χ2v) is 6.79. The van der Waals surface area contributed by atoms with Gasteiger partial charge in [0.1, 0.15) is 0 Å². The van der Waals surface area contributed by atoms with Crippen molar-refractivity contribution in [1.82, 2.24) is 0 Å². The number of hydrogen-bond donors (Lipinski definition) is 0. The first kappa shape index (κ1) is 15.4. The first-order chi connectivity index (χ1) is 9.81. The van der Waals surface area contributed by atoms with Crippen LogP contribution in [-0.2, 0) is 10.0 Å². The van der Waals surface area contributed by atoms with Gasteiger partial charge in [-0.05, 0) is 44.4 Å². The van der Waals surface area contributed by atoms with Crippen molar-refractivity contribution < 1.29 is 8.42 Å². The van der Waals surface area contributed by atoms with E-state index in [1.165, 1.54) is 0 Å². The summed E-state index contributed by atoms with van der Waals surface area (Å²) in [7, 11) is -3.70. The molecule has 0 aromatic heterocycles. The van der Waals surface area contributed by atoms with Crippen LogP contribution in [0.5, 0.6) is 0 Å². The summed E-state index contributed by atoms with van der Waals surface area (Å²) in [6.07, 6.45) is 0. The molecule has 0 aliphatic rings. The lowest BCUT2D eigenvalue weighted by Crippen LogP contribution is -2.07. The number of nitrogens with zero attached hydrogens (tertiary/aromatic N) is 1. The summed E-state index contributed by atoms with van der Waals surface area (Å²) in [6, 6.07) is 13.1. The van der Waals surface area contributed by atoms with Crippen LogP contribution in [0.15, 0.2) is 51.8 Å². The molecule has 110 valence electrons. The molecule has 0 bridgehead atoms. The fraction of sp³-hybridized carbons (Fsp3) is 0.235. The van der Waals surface area contributed by atoms with Crippen molar-refractivity contribution in [2.45, 2.75) is 32.6 Å². The second kappa shape index (κ2) is 5.82. The Labute approximate surface area is 126 Å². The van der Waals surface area contributed by atoms with E-state index in [0.29, 0.717) is 10.6 Å². The average molecular weight is 301 g/mol. The maximum Gasteiger partial charge on any atom is 0.283 e. The Morgan fingerprint density at radius 3 is 2.00 bits per heavy atom. The molecular formula is C17H19NO2S. The third-order valence-corrected chi connectivity index (χ3v) is 4.99. The van der Waals surface area contributed by atoms with Gasteiger partial charge in [0.05, 0.1) is 10.6 Å². The van der Waals surface area contributed by atoms with E-state index in [9.17, 15) is 8.42 Å². The summed E-state index contributed by atoms with van der Waals surface area (Å²) in [4.78, 5) is 0.309. The standard InChI is InChI=1S/C17H19NO2S/c1-12-10-13(2)17(14(3)11-12)21(19,20)18-15(4)16-8-6-5-7-9-16/h5-11H,1-4H3/b18-15+. The van der Waals surface area contributed by atoms with Gasteiger partial charge in [0, 0.05) is 0 Å². The van der Waals surface area contributed by atoms with E-state index < -0.39 is 10.0 Å². The van der Waals surface area contributed by atoms with Crippen LogP contribution in [0.25, 0.3) is 0 Å². The molecule has 0 aliphatic heterocycles. The summed E-state index contributed by atoms with van der Waals surface area (Å²) in [6.45, 7) is 7.28. The molecule has 0 spiro atoms. The first-order valence-electron chi connectivity index (χ1n) is 6.76. The molecule has 0 radical (unpaired) electrons. The third kappa shape index (κ3) is 3.39. The Balaban J connectivity index is 2.54. The van der Waals surface area contributed by atoms with Gasteiger partial charge in [-0.1, -0.05) is 48.0 Å². The van der Waals surface area contributed by atoms with Crippen LogP contribution in [0.4, 0.5) is 0 Å². The highest BCUT2D eigenvalue weighted by Gasteiger charge is 2.19. The van der Waals surface area contributed by atoms with E-state index in [4.69, 9.17) is 0 Å². The molecule has 21 heavy (non-hydrogen) atoms. The number of sulfonamides is 1. The zero-order chi connectivity index (χ0) is 15.6. The minimum Gasteiger partial charge on any atom is -0.199 e. The van der Waals surface area contributed by atoms with Gasteiger partial charge >= 0.3 is 0 Å². The minimum atomic E-state index is -3.70. The van der Waals surface area contributed by atoms with Crippen LogP contribution in [0.2, 0.25) is 0 Å². The normalized spacial score (nSPS) is 12.5. The highest BCUT2D eigenvalue weighted by molar-refractivity contribution is 7.90. The summed E-state index contributed by atoms with van der Waals surface area (Å²) in [5.41, 5.74) is 3.82. The van der Waals surface area contributed by atoms with Gasteiger partial charge in [0.15, 0.2) is 0 Å². The van der Waals surface area contributed by atoms with Crippen LogP contribution >= 0.6 is 0 Å². The minimum absolute atomic E-state index is 0.309. The van der Waals surface area contributed by atoms with Crippen molar-refractivity contribution in [1.29, 1.82) is 0 Å². The van der Waals surface area contributed by atoms with Crippen molar-refractivity contribution in [2.75, 3.05) is 0 Å². The summed E-state index contributed by atoms with van der Waals surface area (Å²) in [5.74, 6) is 0. The molecule has 0 amide bonds. The van der Waals surface area contributed by atoms with E-state index >= 15 is 0 Å². The molecule has 2 rings (SSSR count). The predicted molar refractivity (Wildman–Crippen MR) is 86.5 cm³/mol. The summed E-state index contributed by atoms with van der Waals surface area (Å²) >= 11 is 0. The lowest BCUT2D eigenvalue weighted by Gasteiger charge is -2.10. The highest BCUT2D eigenvalue weighted by atomic mass is 32.2. The first-order valence-corrected chi connectivity index (χ1v) is 8.20. The third-order valence-electron chi connectivity index (χ3n) is 3.31. The zero-order valence-electron chi connectivity index (χ0n) is 12.7. The number of aryl methyl sites for hydroxylation is 3. The van der Waals surface area contributed by atoms with Crippen molar-refractivity contribution in [3.63, 3.8) is 0 Å². The Bertz CT molecular complexity index is 768. The van der Waals surface area contributed by atoms with Crippen LogP contribution in [-0.4, -0.2) is 14.1 Å². The molecule has 2 aromatic rings. The van der Waals surface area contributed by atoms with Crippen molar-refractivity contribution in [2.24, 2.45) is 4.40 Å². The summed E-state index contributed by atoms with van der Waals surface area (Å²) < 4.78 is 29.2. The quantitative estimate of drug-likeness (QED) is 0.809. The maximum absolute atomic E-state index is 12.6. The predicted octanol–water partition coefficient (Wildman–Crippen LogP) is 3.81. The molecule has 0 N–H and O–H groups in total. The van der Waals surface area contributed by atoms with Crippen molar-refractivity contribution in [3.05, 3.63) is 64.7 Å². The van der Waals surface area contributed by atoms with Gasteiger partial charge in [0.2, 0.25) is 0 Å². The SMILES string of the molecule is C/C(=N\S(=O)(=O)c1c(C)cc(C)cc1C)c1ccccc1. The van der Waals surface area contributed by atoms with Crippen LogP contribution in [0.1, 0.15) is 29.2 Å². The molecule has 4 heteroatoms. The molecule has 0 aliphatic carbocycles. The van der Waals surface area contributed by atoms with E-state index in [2.05, 4.69) is 4.40 Å². The smallest absolute Gasteiger partial charge is 0.199 e.